The maximum absolute atomic E-state index is 5.59. The minimum absolute atomic E-state index is 0.660. The van der Waals surface area contributed by atoms with Crippen LogP contribution in [0.3, 0.4) is 0 Å². The number of aryl methyl sites for hydroxylation is 1. The third-order valence-corrected chi connectivity index (χ3v) is 3.93. The Labute approximate surface area is 129 Å². The Balaban J connectivity index is 1.66. The van der Waals surface area contributed by atoms with E-state index in [2.05, 4.69) is 40.0 Å². The molecule has 0 aromatic heterocycles. The lowest BCUT2D eigenvalue weighted by atomic mass is 10.1. The predicted molar refractivity (Wildman–Crippen MR) is 86.7 cm³/mol. The molecular formula is C15H22INO2. The molecule has 1 aliphatic heterocycles. The van der Waals surface area contributed by atoms with Crippen LogP contribution in [-0.2, 0) is 6.42 Å². The molecule has 0 radical (unpaired) electrons. The number of nitrogens with one attached hydrogen (secondary N) is 1. The molecule has 0 saturated carbocycles. The third-order valence-electron chi connectivity index (χ3n) is 3.16. The van der Waals surface area contributed by atoms with Crippen LogP contribution in [-0.4, -0.2) is 30.7 Å². The normalized spacial score (nSPS) is 13.5. The van der Waals surface area contributed by atoms with E-state index in [1.54, 1.807) is 0 Å². The van der Waals surface area contributed by atoms with Crippen molar-refractivity contribution in [1.29, 1.82) is 0 Å². The number of ether oxygens (including phenoxy) is 2. The summed E-state index contributed by atoms with van der Waals surface area (Å²) < 4.78 is 12.4. The molecule has 0 bridgehead atoms. The molecule has 106 valence electrons. The Kier molecular flexibility index (Phi) is 6.78. The number of unbranched alkanes of at least 4 members (excludes halogenated alkanes) is 1. The van der Waals surface area contributed by atoms with Gasteiger partial charge in [-0.25, -0.2) is 0 Å². The van der Waals surface area contributed by atoms with Gasteiger partial charge in [0, 0.05) is 0 Å². The Bertz CT molecular complexity index is 384. The number of hydrogen-bond donors (Lipinski definition) is 1. The molecular weight excluding hydrogens is 353 g/mol. The lowest BCUT2D eigenvalue weighted by molar-refractivity contribution is 0.171. The van der Waals surface area contributed by atoms with Crippen molar-refractivity contribution in [1.82, 2.24) is 5.32 Å². The van der Waals surface area contributed by atoms with Gasteiger partial charge < -0.3 is 14.8 Å². The number of fused-ring (bicyclic) bond motifs is 1. The molecule has 2 rings (SSSR count). The Morgan fingerprint density at radius 2 is 1.79 bits per heavy atom. The second-order valence-corrected chi connectivity index (χ2v) is 5.81. The zero-order chi connectivity index (χ0) is 13.3. The first-order valence-corrected chi connectivity index (χ1v) is 8.58. The zero-order valence-corrected chi connectivity index (χ0v) is 13.4. The molecule has 4 heteroatoms. The average molecular weight is 375 g/mol. The fourth-order valence-corrected chi connectivity index (χ4v) is 2.67. The summed E-state index contributed by atoms with van der Waals surface area (Å²) in [5.41, 5.74) is 1.33. The molecule has 0 saturated heterocycles. The first-order chi connectivity index (χ1) is 9.40. The SMILES string of the molecule is ICCCCNCCCc1ccc2c(c1)OCCO2. The summed E-state index contributed by atoms with van der Waals surface area (Å²) in [6, 6.07) is 6.28. The van der Waals surface area contributed by atoms with Gasteiger partial charge in [0.05, 0.1) is 0 Å². The van der Waals surface area contributed by atoms with Gasteiger partial charge in [0.2, 0.25) is 0 Å². The largest absolute Gasteiger partial charge is 0.486 e. The topological polar surface area (TPSA) is 30.5 Å². The van der Waals surface area contributed by atoms with Gasteiger partial charge in [0.25, 0.3) is 0 Å². The second-order valence-electron chi connectivity index (χ2n) is 4.73. The maximum atomic E-state index is 5.59. The highest BCUT2D eigenvalue weighted by molar-refractivity contribution is 14.1. The number of rotatable bonds is 8. The van der Waals surface area contributed by atoms with Gasteiger partial charge >= 0.3 is 0 Å². The standard InChI is InChI=1S/C15H22INO2/c16-7-1-2-8-17-9-3-4-13-5-6-14-15(12-13)19-11-10-18-14/h5-6,12,17H,1-4,7-11H2. The van der Waals surface area contributed by atoms with Gasteiger partial charge in [-0.15, -0.1) is 0 Å². The van der Waals surface area contributed by atoms with Crippen LogP contribution in [0.2, 0.25) is 0 Å². The van der Waals surface area contributed by atoms with Crippen LogP contribution in [0.25, 0.3) is 0 Å². The van der Waals surface area contributed by atoms with Gasteiger partial charge in [-0.1, -0.05) is 28.7 Å². The van der Waals surface area contributed by atoms with Gasteiger partial charge in [-0.05, 0) is 60.9 Å². The second kappa shape index (κ2) is 8.64. The van der Waals surface area contributed by atoms with E-state index in [9.17, 15) is 0 Å². The van der Waals surface area contributed by atoms with E-state index in [0.29, 0.717) is 13.2 Å². The highest BCUT2D eigenvalue weighted by Crippen LogP contribution is 2.30. The number of hydrogen-bond acceptors (Lipinski definition) is 3. The van der Waals surface area contributed by atoms with Crippen LogP contribution in [0.4, 0.5) is 0 Å². The Morgan fingerprint density at radius 1 is 1.00 bits per heavy atom. The first-order valence-electron chi connectivity index (χ1n) is 7.05. The molecule has 1 N–H and O–H groups in total. The summed E-state index contributed by atoms with van der Waals surface area (Å²) in [7, 11) is 0. The molecule has 0 unspecified atom stereocenters. The van der Waals surface area contributed by atoms with E-state index < -0.39 is 0 Å². The van der Waals surface area contributed by atoms with Crippen LogP contribution in [0.15, 0.2) is 18.2 Å². The van der Waals surface area contributed by atoms with Gasteiger partial charge in [-0.3, -0.25) is 0 Å². The Hall–Kier alpha value is -0.490. The van der Waals surface area contributed by atoms with Crippen LogP contribution >= 0.6 is 22.6 Å². The minimum atomic E-state index is 0.660. The number of benzene rings is 1. The molecule has 3 nitrogen and oxygen atoms in total. The summed E-state index contributed by atoms with van der Waals surface area (Å²) in [5, 5.41) is 3.49. The van der Waals surface area contributed by atoms with E-state index in [4.69, 9.17) is 9.47 Å². The fraction of sp³-hybridized carbons (Fsp3) is 0.600. The summed E-state index contributed by atoms with van der Waals surface area (Å²) >= 11 is 2.43. The summed E-state index contributed by atoms with van der Waals surface area (Å²) in [6.07, 6.45) is 4.86. The van der Waals surface area contributed by atoms with Crippen LogP contribution in [0, 0.1) is 0 Å². The molecule has 1 aliphatic rings. The first kappa shape index (κ1) is 14.9. The van der Waals surface area contributed by atoms with Gasteiger partial charge in [0.1, 0.15) is 13.2 Å². The molecule has 1 heterocycles. The van der Waals surface area contributed by atoms with E-state index in [1.165, 1.54) is 29.3 Å². The van der Waals surface area contributed by atoms with Crippen LogP contribution in [0.1, 0.15) is 24.8 Å². The van der Waals surface area contributed by atoms with E-state index in [0.717, 1.165) is 31.0 Å². The monoisotopic (exact) mass is 375 g/mol. The average Bonchev–Trinajstić information content (AvgIpc) is 2.46. The van der Waals surface area contributed by atoms with E-state index >= 15 is 0 Å². The quantitative estimate of drug-likeness (QED) is 0.430. The smallest absolute Gasteiger partial charge is 0.161 e. The van der Waals surface area contributed by atoms with Crippen molar-refractivity contribution in [2.45, 2.75) is 25.7 Å². The summed E-state index contributed by atoms with van der Waals surface area (Å²) in [6.45, 7) is 3.56. The maximum Gasteiger partial charge on any atom is 0.161 e. The highest BCUT2D eigenvalue weighted by atomic mass is 127. The lowest BCUT2D eigenvalue weighted by Crippen LogP contribution is -2.17. The van der Waals surface area contributed by atoms with E-state index in [1.807, 2.05) is 6.07 Å². The molecule has 0 aliphatic carbocycles. The highest BCUT2D eigenvalue weighted by Gasteiger charge is 2.11. The van der Waals surface area contributed by atoms with Crippen molar-refractivity contribution < 1.29 is 9.47 Å². The molecule has 0 spiro atoms. The minimum Gasteiger partial charge on any atom is -0.486 e. The molecule has 0 fully saturated rings. The van der Waals surface area contributed by atoms with Crippen molar-refractivity contribution >= 4 is 22.6 Å². The van der Waals surface area contributed by atoms with Crippen LogP contribution in [0.5, 0.6) is 11.5 Å². The van der Waals surface area contributed by atoms with Gasteiger partial charge in [-0.2, -0.15) is 0 Å². The molecule has 1 aromatic carbocycles. The fourth-order valence-electron chi connectivity index (χ4n) is 2.13. The summed E-state index contributed by atoms with van der Waals surface area (Å²) in [5.74, 6) is 1.78. The molecule has 1 aromatic rings. The van der Waals surface area contributed by atoms with Crippen molar-refractivity contribution in [3.8, 4) is 11.5 Å². The Morgan fingerprint density at radius 3 is 2.63 bits per heavy atom. The van der Waals surface area contributed by atoms with Crippen molar-refractivity contribution in [2.24, 2.45) is 0 Å². The van der Waals surface area contributed by atoms with Crippen molar-refractivity contribution in [3.63, 3.8) is 0 Å². The zero-order valence-electron chi connectivity index (χ0n) is 11.3. The molecule has 0 amide bonds. The third kappa shape index (κ3) is 5.18. The van der Waals surface area contributed by atoms with Crippen molar-refractivity contribution in [2.75, 3.05) is 30.7 Å². The molecule has 0 atom stereocenters. The number of halogens is 1. The number of alkyl halides is 1. The van der Waals surface area contributed by atoms with Crippen LogP contribution < -0.4 is 14.8 Å². The van der Waals surface area contributed by atoms with Crippen molar-refractivity contribution in [3.05, 3.63) is 23.8 Å². The summed E-state index contributed by atoms with van der Waals surface area (Å²) in [4.78, 5) is 0. The van der Waals surface area contributed by atoms with E-state index in [-0.39, 0.29) is 0 Å². The molecule has 19 heavy (non-hydrogen) atoms. The lowest BCUT2D eigenvalue weighted by Gasteiger charge is -2.18. The predicted octanol–water partition coefficient (Wildman–Crippen LogP) is 3.20. The van der Waals surface area contributed by atoms with Gasteiger partial charge in [0.15, 0.2) is 11.5 Å².